The van der Waals surface area contributed by atoms with Crippen LogP contribution in [-0.2, 0) is 4.74 Å². The molecule has 3 aromatic rings. The molecule has 1 saturated carbocycles. The van der Waals surface area contributed by atoms with Gasteiger partial charge in [-0.25, -0.2) is 4.79 Å². The molecule has 2 aromatic carbocycles. The lowest BCUT2D eigenvalue weighted by molar-refractivity contribution is 0.168. The van der Waals surface area contributed by atoms with Gasteiger partial charge in [-0.1, -0.05) is 25.0 Å². The molecule has 0 bridgehead atoms. The summed E-state index contributed by atoms with van der Waals surface area (Å²) in [5.74, 6) is 1.00. The highest BCUT2D eigenvalue weighted by molar-refractivity contribution is 6.18. The lowest BCUT2D eigenvalue weighted by Gasteiger charge is -2.19. The number of fused-ring (bicyclic) bond motifs is 1. The minimum Gasteiger partial charge on any atom is -0.497 e. The summed E-state index contributed by atoms with van der Waals surface area (Å²) in [6, 6.07) is 16.1. The molecule has 0 atom stereocenters. The number of nitrogens with zero attached hydrogens (tertiary/aromatic N) is 2. The Labute approximate surface area is 186 Å². The monoisotopic (exact) mass is 437 g/mol. The van der Waals surface area contributed by atoms with E-state index in [1.54, 1.807) is 13.2 Å². The Morgan fingerprint density at radius 3 is 2.77 bits per heavy atom. The van der Waals surface area contributed by atoms with Gasteiger partial charge in [0, 0.05) is 28.7 Å². The third kappa shape index (κ3) is 4.19. The van der Waals surface area contributed by atoms with E-state index in [0.717, 1.165) is 40.8 Å². The van der Waals surface area contributed by atoms with E-state index in [-0.39, 0.29) is 12.5 Å². The molecule has 0 radical (unpaired) electrons. The molecular weight excluding hydrogens is 414 g/mol. The number of nitriles is 1. The molecule has 1 amide bonds. The number of aromatic nitrogens is 1. The molecule has 160 valence electrons. The van der Waals surface area contributed by atoms with E-state index in [1.165, 1.54) is 12.8 Å². The second-order valence-electron chi connectivity index (χ2n) is 7.56. The molecule has 7 heteroatoms. The zero-order valence-corrected chi connectivity index (χ0v) is 18.1. The van der Waals surface area contributed by atoms with Gasteiger partial charge >= 0.3 is 6.09 Å². The van der Waals surface area contributed by atoms with Crippen LogP contribution in [0.2, 0.25) is 0 Å². The predicted molar refractivity (Wildman–Crippen MR) is 122 cm³/mol. The number of carbonyl (C=O) groups is 1. The summed E-state index contributed by atoms with van der Waals surface area (Å²) in [6.45, 7) is 0.142. The van der Waals surface area contributed by atoms with Crippen LogP contribution in [-0.4, -0.2) is 30.3 Å². The second-order valence-corrected chi connectivity index (χ2v) is 7.94. The Kier molecular flexibility index (Phi) is 6.34. The molecule has 1 aromatic heterocycles. The van der Waals surface area contributed by atoms with Crippen LogP contribution < -0.4 is 10.1 Å². The van der Waals surface area contributed by atoms with Crippen LogP contribution in [0.25, 0.3) is 22.2 Å². The SMILES string of the molecule is COc1ccc2c(C#N)c(-c3cccc(NC(=O)OCCCl)c3)n(C3CCCC3)c2c1. The normalized spacial score (nSPS) is 13.8. The summed E-state index contributed by atoms with van der Waals surface area (Å²) in [5.41, 5.74) is 3.97. The Hall–Kier alpha value is -3.17. The third-order valence-electron chi connectivity index (χ3n) is 5.71. The number of benzene rings is 2. The topological polar surface area (TPSA) is 76.3 Å². The number of hydrogen-bond acceptors (Lipinski definition) is 4. The number of alkyl halides is 1. The number of rotatable bonds is 6. The average Bonchev–Trinajstić information content (AvgIpc) is 3.42. The summed E-state index contributed by atoms with van der Waals surface area (Å²) in [5, 5.41) is 13.7. The van der Waals surface area contributed by atoms with E-state index >= 15 is 0 Å². The third-order valence-corrected chi connectivity index (χ3v) is 5.86. The van der Waals surface area contributed by atoms with Gasteiger partial charge in [-0.3, -0.25) is 5.32 Å². The van der Waals surface area contributed by atoms with E-state index in [1.807, 2.05) is 36.4 Å². The molecule has 0 spiro atoms. The van der Waals surface area contributed by atoms with Crippen LogP contribution in [0, 0.1) is 11.3 Å². The van der Waals surface area contributed by atoms with Crippen LogP contribution in [0.1, 0.15) is 37.3 Å². The maximum absolute atomic E-state index is 12.0. The van der Waals surface area contributed by atoms with Gasteiger partial charge in [0.2, 0.25) is 0 Å². The largest absolute Gasteiger partial charge is 0.497 e. The maximum Gasteiger partial charge on any atom is 0.411 e. The first-order chi connectivity index (χ1) is 15.2. The van der Waals surface area contributed by atoms with Crippen molar-refractivity contribution in [1.82, 2.24) is 4.57 Å². The standard InChI is InChI=1S/C24H24ClN3O3/c1-30-19-9-10-20-21(15-26)23(28(22(20)14-19)18-7-2-3-8-18)16-5-4-6-17(13-16)27-24(29)31-12-11-25/h4-6,9-10,13-14,18H,2-3,7-8,11-12H2,1H3,(H,27,29). The number of carbonyl (C=O) groups excluding carboxylic acids is 1. The summed E-state index contributed by atoms with van der Waals surface area (Å²) in [6.07, 6.45) is 3.93. The van der Waals surface area contributed by atoms with Crippen molar-refractivity contribution < 1.29 is 14.3 Å². The van der Waals surface area contributed by atoms with Crippen LogP contribution in [0.4, 0.5) is 10.5 Å². The van der Waals surface area contributed by atoms with Crippen LogP contribution in [0.15, 0.2) is 42.5 Å². The van der Waals surface area contributed by atoms with Crippen LogP contribution in [0.3, 0.4) is 0 Å². The number of methoxy groups -OCH3 is 1. The minimum absolute atomic E-state index is 0.142. The van der Waals surface area contributed by atoms with Gasteiger partial charge in [0.1, 0.15) is 18.4 Å². The number of nitrogens with one attached hydrogen (secondary N) is 1. The first kappa shape index (κ1) is 21.1. The van der Waals surface area contributed by atoms with Crippen molar-refractivity contribution >= 4 is 34.3 Å². The van der Waals surface area contributed by atoms with Crippen molar-refractivity contribution in [3.05, 3.63) is 48.0 Å². The van der Waals surface area contributed by atoms with Gasteiger partial charge in [0.15, 0.2) is 0 Å². The van der Waals surface area contributed by atoms with E-state index in [9.17, 15) is 10.1 Å². The van der Waals surface area contributed by atoms with E-state index < -0.39 is 6.09 Å². The Balaban J connectivity index is 1.85. The van der Waals surface area contributed by atoms with Crippen LogP contribution in [0.5, 0.6) is 5.75 Å². The zero-order valence-electron chi connectivity index (χ0n) is 17.4. The summed E-state index contributed by atoms with van der Waals surface area (Å²) in [4.78, 5) is 12.0. The molecule has 1 fully saturated rings. The van der Waals surface area contributed by atoms with Gasteiger partial charge in [-0.2, -0.15) is 5.26 Å². The Bertz CT molecular complexity index is 1140. The fraction of sp³-hybridized carbons (Fsp3) is 0.333. The van der Waals surface area contributed by atoms with Gasteiger partial charge in [-0.05, 0) is 37.1 Å². The lowest BCUT2D eigenvalue weighted by Crippen LogP contribution is -2.15. The fourth-order valence-electron chi connectivity index (χ4n) is 4.39. The predicted octanol–water partition coefficient (Wildman–Crippen LogP) is 6.09. The molecule has 0 saturated heterocycles. The van der Waals surface area contributed by atoms with Crippen molar-refractivity contribution in [2.24, 2.45) is 0 Å². The summed E-state index contributed by atoms with van der Waals surface area (Å²) >= 11 is 5.58. The van der Waals surface area contributed by atoms with Gasteiger partial charge in [0.25, 0.3) is 0 Å². The number of ether oxygens (including phenoxy) is 2. The van der Waals surface area contributed by atoms with Gasteiger partial charge < -0.3 is 14.0 Å². The Morgan fingerprint density at radius 1 is 1.26 bits per heavy atom. The maximum atomic E-state index is 12.0. The quantitative estimate of drug-likeness (QED) is 0.473. The molecule has 0 unspecified atom stereocenters. The molecule has 1 aliphatic rings. The summed E-state index contributed by atoms with van der Waals surface area (Å²) < 4.78 is 12.8. The van der Waals surface area contributed by atoms with Gasteiger partial charge in [0.05, 0.1) is 29.8 Å². The van der Waals surface area contributed by atoms with Crippen molar-refractivity contribution in [3.63, 3.8) is 0 Å². The number of amides is 1. The highest BCUT2D eigenvalue weighted by Crippen LogP contribution is 2.42. The average molecular weight is 438 g/mol. The first-order valence-electron chi connectivity index (χ1n) is 10.4. The summed E-state index contributed by atoms with van der Waals surface area (Å²) in [7, 11) is 1.65. The fourth-order valence-corrected chi connectivity index (χ4v) is 4.46. The molecule has 0 aliphatic heterocycles. The minimum atomic E-state index is -0.556. The highest BCUT2D eigenvalue weighted by atomic mass is 35.5. The molecule has 1 aliphatic carbocycles. The Morgan fingerprint density at radius 2 is 2.06 bits per heavy atom. The van der Waals surface area contributed by atoms with Crippen LogP contribution >= 0.6 is 11.6 Å². The van der Waals surface area contributed by atoms with Crippen molar-refractivity contribution in [2.75, 3.05) is 24.9 Å². The van der Waals surface area contributed by atoms with Crippen molar-refractivity contribution in [1.29, 1.82) is 5.26 Å². The van der Waals surface area contributed by atoms with E-state index in [0.29, 0.717) is 17.3 Å². The zero-order chi connectivity index (χ0) is 21.8. The molecule has 6 nitrogen and oxygen atoms in total. The number of halogens is 1. The van der Waals surface area contributed by atoms with Crippen molar-refractivity contribution in [3.8, 4) is 23.1 Å². The molecule has 1 heterocycles. The van der Waals surface area contributed by atoms with E-state index in [4.69, 9.17) is 21.1 Å². The first-order valence-corrected chi connectivity index (χ1v) is 10.9. The lowest BCUT2D eigenvalue weighted by atomic mass is 10.0. The molecule has 31 heavy (non-hydrogen) atoms. The van der Waals surface area contributed by atoms with Gasteiger partial charge in [-0.15, -0.1) is 11.6 Å². The highest BCUT2D eigenvalue weighted by Gasteiger charge is 2.26. The molecule has 4 rings (SSSR count). The number of hydrogen-bond donors (Lipinski definition) is 1. The smallest absolute Gasteiger partial charge is 0.411 e. The molecular formula is C24H24ClN3O3. The number of anilines is 1. The van der Waals surface area contributed by atoms with E-state index in [2.05, 4.69) is 16.0 Å². The van der Waals surface area contributed by atoms with Crippen molar-refractivity contribution in [2.45, 2.75) is 31.7 Å². The second kappa shape index (κ2) is 9.32. The molecule has 1 N–H and O–H groups in total.